The van der Waals surface area contributed by atoms with E-state index in [1.54, 1.807) is 49.1 Å². The summed E-state index contributed by atoms with van der Waals surface area (Å²) in [5, 5.41) is 7.57. The van der Waals surface area contributed by atoms with Crippen LogP contribution in [0.4, 0.5) is 5.69 Å². The molecule has 0 aliphatic heterocycles. The smallest absolute Gasteiger partial charge is 0.231 e. The molecular formula is C14H15Cl2N3O. The van der Waals surface area contributed by atoms with Crippen LogP contribution in [0.2, 0.25) is 5.02 Å². The van der Waals surface area contributed by atoms with Crippen LogP contribution < -0.4 is 5.32 Å². The number of halogens is 2. The first-order valence-corrected chi connectivity index (χ1v) is 7.02. The Balaban J connectivity index is 2.36. The van der Waals surface area contributed by atoms with E-state index in [0.29, 0.717) is 10.7 Å². The van der Waals surface area contributed by atoms with Gasteiger partial charge in [0.2, 0.25) is 5.91 Å². The highest BCUT2D eigenvalue weighted by atomic mass is 35.5. The SMILES string of the molecule is CC(C)(CCl)C(=O)Nc1cc(Cl)ccc1-n1cccn1. The first kappa shape index (κ1) is 14.9. The number of rotatable bonds is 4. The van der Waals surface area contributed by atoms with Gasteiger partial charge in [0.1, 0.15) is 0 Å². The van der Waals surface area contributed by atoms with E-state index in [-0.39, 0.29) is 11.8 Å². The van der Waals surface area contributed by atoms with Crippen LogP contribution in [-0.2, 0) is 4.79 Å². The number of hydrogen-bond donors (Lipinski definition) is 1. The van der Waals surface area contributed by atoms with Crippen LogP contribution in [0.25, 0.3) is 5.69 Å². The minimum atomic E-state index is -0.661. The lowest BCUT2D eigenvalue weighted by Crippen LogP contribution is -2.32. The second-order valence-electron chi connectivity index (χ2n) is 5.08. The number of carbonyl (C=O) groups is 1. The third kappa shape index (κ3) is 3.14. The maximum atomic E-state index is 12.2. The zero-order valence-corrected chi connectivity index (χ0v) is 12.7. The molecule has 2 rings (SSSR count). The Morgan fingerprint density at radius 3 is 2.80 bits per heavy atom. The first-order valence-electron chi connectivity index (χ1n) is 6.11. The van der Waals surface area contributed by atoms with Crippen LogP contribution in [0.15, 0.2) is 36.7 Å². The number of aromatic nitrogens is 2. The molecule has 1 aromatic carbocycles. The van der Waals surface area contributed by atoms with Crippen molar-refractivity contribution < 1.29 is 4.79 Å². The summed E-state index contributed by atoms with van der Waals surface area (Å²) in [6, 6.07) is 7.06. The molecule has 6 heteroatoms. The molecule has 0 radical (unpaired) electrons. The summed E-state index contributed by atoms with van der Waals surface area (Å²) in [7, 11) is 0. The van der Waals surface area contributed by atoms with E-state index in [2.05, 4.69) is 10.4 Å². The predicted molar refractivity (Wildman–Crippen MR) is 81.7 cm³/mol. The highest BCUT2D eigenvalue weighted by Gasteiger charge is 2.27. The number of hydrogen-bond acceptors (Lipinski definition) is 2. The van der Waals surface area contributed by atoms with Gasteiger partial charge in [-0.1, -0.05) is 11.6 Å². The maximum Gasteiger partial charge on any atom is 0.231 e. The average Bonchev–Trinajstić information content (AvgIpc) is 2.92. The van der Waals surface area contributed by atoms with Gasteiger partial charge in [0.25, 0.3) is 0 Å². The number of nitrogens with zero attached hydrogens (tertiary/aromatic N) is 2. The van der Waals surface area contributed by atoms with Crippen LogP contribution in [0.1, 0.15) is 13.8 Å². The molecule has 20 heavy (non-hydrogen) atoms. The standard InChI is InChI=1S/C14H15Cl2N3O/c1-14(2,9-15)13(20)18-11-8-10(16)4-5-12(11)19-7-3-6-17-19/h3-8H,9H2,1-2H3,(H,18,20). The van der Waals surface area contributed by atoms with Gasteiger partial charge in [0.15, 0.2) is 0 Å². The number of benzene rings is 1. The zero-order valence-electron chi connectivity index (χ0n) is 11.2. The van der Waals surface area contributed by atoms with Crippen molar-refractivity contribution in [2.24, 2.45) is 5.41 Å². The molecule has 0 atom stereocenters. The largest absolute Gasteiger partial charge is 0.324 e. The number of carbonyl (C=O) groups excluding carboxylic acids is 1. The third-order valence-electron chi connectivity index (χ3n) is 2.91. The van der Waals surface area contributed by atoms with Gasteiger partial charge in [0.05, 0.1) is 16.8 Å². The van der Waals surface area contributed by atoms with Gasteiger partial charge >= 0.3 is 0 Å². The summed E-state index contributed by atoms with van der Waals surface area (Å²) in [5.41, 5.74) is 0.688. The fourth-order valence-corrected chi connectivity index (χ4v) is 1.87. The molecule has 1 aromatic heterocycles. The van der Waals surface area contributed by atoms with Crippen molar-refractivity contribution in [1.29, 1.82) is 0 Å². The van der Waals surface area contributed by atoms with Crippen LogP contribution in [-0.4, -0.2) is 21.6 Å². The topological polar surface area (TPSA) is 46.9 Å². The molecule has 4 nitrogen and oxygen atoms in total. The Morgan fingerprint density at radius 1 is 1.45 bits per heavy atom. The molecule has 0 unspecified atom stereocenters. The molecule has 0 saturated carbocycles. The van der Waals surface area contributed by atoms with E-state index < -0.39 is 5.41 Å². The van der Waals surface area contributed by atoms with Crippen LogP contribution in [0.3, 0.4) is 0 Å². The van der Waals surface area contributed by atoms with Gasteiger partial charge in [-0.05, 0) is 38.1 Å². The Kier molecular flexibility index (Phi) is 4.35. The fraction of sp³-hybridized carbons (Fsp3) is 0.286. The number of amides is 1. The second-order valence-corrected chi connectivity index (χ2v) is 5.79. The van der Waals surface area contributed by atoms with E-state index in [0.717, 1.165) is 5.69 Å². The van der Waals surface area contributed by atoms with Crippen molar-refractivity contribution in [1.82, 2.24) is 9.78 Å². The molecule has 106 valence electrons. The van der Waals surface area contributed by atoms with E-state index >= 15 is 0 Å². The molecule has 0 bridgehead atoms. The van der Waals surface area contributed by atoms with E-state index in [9.17, 15) is 4.79 Å². The Morgan fingerprint density at radius 2 is 2.20 bits per heavy atom. The Labute approximate surface area is 127 Å². The highest BCUT2D eigenvalue weighted by molar-refractivity contribution is 6.31. The van der Waals surface area contributed by atoms with Crippen molar-refractivity contribution in [3.8, 4) is 5.69 Å². The van der Waals surface area contributed by atoms with Gasteiger partial charge in [-0.15, -0.1) is 11.6 Å². The highest BCUT2D eigenvalue weighted by Crippen LogP contribution is 2.27. The lowest BCUT2D eigenvalue weighted by Gasteiger charge is -2.21. The summed E-state index contributed by atoms with van der Waals surface area (Å²) < 4.78 is 1.67. The second kappa shape index (κ2) is 5.85. The first-order chi connectivity index (χ1) is 9.44. The Hall–Kier alpha value is -1.52. The summed E-state index contributed by atoms with van der Waals surface area (Å²) in [6.07, 6.45) is 3.47. The van der Waals surface area contributed by atoms with Gasteiger partial charge in [-0.3, -0.25) is 4.79 Å². The molecular weight excluding hydrogens is 297 g/mol. The molecule has 0 saturated heterocycles. The zero-order chi connectivity index (χ0) is 14.8. The van der Waals surface area contributed by atoms with Gasteiger partial charge in [-0.2, -0.15) is 5.10 Å². The lowest BCUT2D eigenvalue weighted by atomic mass is 9.95. The minimum Gasteiger partial charge on any atom is -0.324 e. The average molecular weight is 312 g/mol. The molecule has 1 N–H and O–H groups in total. The summed E-state index contributed by atoms with van der Waals surface area (Å²) in [5.74, 6) is 0.0689. The number of anilines is 1. The van der Waals surface area contributed by atoms with Crippen molar-refractivity contribution in [3.05, 3.63) is 41.7 Å². The van der Waals surface area contributed by atoms with Crippen molar-refractivity contribution in [3.63, 3.8) is 0 Å². The normalized spacial score (nSPS) is 11.4. The van der Waals surface area contributed by atoms with E-state index in [1.807, 2.05) is 6.07 Å². The molecule has 0 fully saturated rings. The number of alkyl halides is 1. The molecule has 1 amide bonds. The third-order valence-corrected chi connectivity index (χ3v) is 3.81. The van der Waals surface area contributed by atoms with Gasteiger partial charge < -0.3 is 5.32 Å². The monoisotopic (exact) mass is 311 g/mol. The molecule has 2 aromatic rings. The molecule has 0 aliphatic carbocycles. The molecule has 0 aliphatic rings. The van der Waals surface area contributed by atoms with Crippen molar-refractivity contribution >= 4 is 34.8 Å². The number of nitrogens with one attached hydrogen (secondary N) is 1. The predicted octanol–water partition coefficient (Wildman–Crippen LogP) is 3.73. The van der Waals surface area contributed by atoms with Crippen molar-refractivity contribution in [2.45, 2.75) is 13.8 Å². The van der Waals surface area contributed by atoms with Crippen LogP contribution >= 0.6 is 23.2 Å². The van der Waals surface area contributed by atoms with Gasteiger partial charge in [0, 0.05) is 23.3 Å². The van der Waals surface area contributed by atoms with Crippen LogP contribution in [0.5, 0.6) is 0 Å². The quantitative estimate of drug-likeness (QED) is 0.875. The van der Waals surface area contributed by atoms with E-state index in [1.165, 1.54) is 0 Å². The summed E-state index contributed by atoms with van der Waals surface area (Å²) in [6.45, 7) is 3.57. The molecule has 0 spiro atoms. The van der Waals surface area contributed by atoms with Crippen LogP contribution in [0, 0.1) is 5.41 Å². The summed E-state index contributed by atoms with van der Waals surface area (Å²) >= 11 is 11.8. The van der Waals surface area contributed by atoms with Gasteiger partial charge in [-0.25, -0.2) is 4.68 Å². The Bertz CT molecular complexity index is 609. The fourth-order valence-electron chi connectivity index (χ4n) is 1.57. The maximum absolute atomic E-state index is 12.2. The summed E-state index contributed by atoms with van der Waals surface area (Å²) in [4.78, 5) is 12.2. The van der Waals surface area contributed by atoms with Crippen molar-refractivity contribution in [2.75, 3.05) is 11.2 Å². The van der Waals surface area contributed by atoms with E-state index in [4.69, 9.17) is 23.2 Å². The minimum absolute atomic E-state index is 0.164. The molecule has 1 heterocycles. The lowest BCUT2D eigenvalue weighted by molar-refractivity contribution is -0.122.